The van der Waals surface area contributed by atoms with Crippen LogP contribution in [0.4, 0.5) is 10.2 Å². The number of carbonyl (C=O) groups excluding carboxylic acids is 2. The second-order valence-electron chi connectivity index (χ2n) is 7.85. The molecule has 2 N–H and O–H groups in total. The van der Waals surface area contributed by atoms with Crippen molar-refractivity contribution in [1.29, 1.82) is 0 Å². The largest absolute Gasteiger partial charge is 0.383 e. The third-order valence-corrected chi connectivity index (χ3v) is 5.66. The van der Waals surface area contributed by atoms with Gasteiger partial charge in [-0.25, -0.2) is 13.9 Å². The van der Waals surface area contributed by atoms with Crippen molar-refractivity contribution in [3.63, 3.8) is 0 Å². The minimum absolute atomic E-state index is 0.121. The number of nitrogens with two attached hydrogens (primary N) is 1. The molecular weight excluding hydrogens is 415 g/mol. The van der Waals surface area contributed by atoms with Gasteiger partial charge in [-0.05, 0) is 57.0 Å². The Morgan fingerprint density at radius 3 is 2.62 bits per heavy atom. The Balaban J connectivity index is 1.56. The number of carbonyl (C=O) groups is 2. The highest BCUT2D eigenvalue weighted by Crippen LogP contribution is 2.25. The maximum absolute atomic E-state index is 13.2. The number of likely N-dealkylation sites (tertiary alicyclic amines) is 1. The molecule has 32 heavy (non-hydrogen) atoms. The average Bonchev–Trinajstić information content (AvgIpc) is 3.38. The van der Waals surface area contributed by atoms with Crippen LogP contribution in [0, 0.1) is 19.7 Å². The number of hydrogen-bond donors (Lipinski definition) is 1. The summed E-state index contributed by atoms with van der Waals surface area (Å²) >= 11 is 0. The predicted octanol–water partition coefficient (Wildman–Crippen LogP) is 1.64. The quantitative estimate of drug-likeness (QED) is 0.606. The summed E-state index contributed by atoms with van der Waals surface area (Å²) in [7, 11) is 0. The molecule has 1 atom stereocenters. The Kier molecular flexibility index (Phi) is 5.60. The maximum Gasteiger partial charge on any atom is 0.348 e. The SMILES string of the molecule is Cc1cc(C)n(CC(=O)N2CCC[C@H]2C(=O)c2cnn(-c3ccc(F)cc3)c2N)c(=O)n1. The number of ketones is 1. The number of amides is 1. The molecule has 0 unspecified atom stereocenters. The summed E-state index contributed by atoms with van der Waals surface area (Å²) in [4.78, 5) is 43.8. The van der Waals surface area contributed by atoms with E-state index in [1.807, 2.05) is 0 Å². The van der Waals surface area contributed by atoms with E-state index in [0.29, 0.717) is 36.5 Å². The monoisotopic (exact) mass is 438 g/mol. The number of aromatic nitrogens is 4. The first-order valence-electron chi connectivity index (χ1n) is 10.2. The van der Waals surface area contributed by atoms with Crippen molar-refractivity contribution in [1.82, 2.24) is 24.2 Å². The van der Waals surface area contributed by atoms with Crippen LogP contribution < -0.4 is 11.4 Å². The van der Waals surface area contributed by atoms with Gasteiger partial charge < -0.3 is 10.6 Å². The number of nitrogens with zero attached hydrogens (tertiary/aromatic N) is 5. The number of aryl methyl sites for hydroxylation is 2. The second-order valence-corrected chi connectivity index (χ2v) is 7.85. The maximum atomic E-state index is 13.2. The summed E-state index contributed by atoms with van der Waals surface area (Å²) in [5.41, 5.74) is 7.60. The van der Waals surface area contributed by atoms with Gasteiger partial charge in [0.2, 0.25) is 5.91 Å². The van der Waals surface area contributed by atoms with E-state index in [9.17, 15) is 18.8 Å². The second kappa shape index (κ2) is 8.37. The molecule has 10 heteroatoms. The molecule has 3 heterocycles. The van der Waals surface area contributed by atoms with E-state index in [4.69, 9.17) is 5.73 Å². The van der Waals surface area contributed by atoms with Crippen molar-refractivity contribution < 1.29 is 14.0 Å². The first-order valence-corrected chi connectivity index (χ1v) is 10.2. The van der Waals surface area contributed by atoms with E-state index in [2.05, 4.69) is 10.1 Å². The number of hydrogen-bond acceptors (Lipinski definition) is 6. The smallest absolute Gasteiger partial charge is 0.348 e. The van der Waals surface area contributed by atoms with Crippen molar-refractivity contribution in [3.05, 3.63) is 69.8 Å². The van der Waals surface area contributed by atoms with E-state index in [1.54, 1.807) is 19.9 Å². The molecule has 1 aliphatic rings. The van der Waals surface area contributed by atoms with Gasteiger partial charge in [-0.3, -0.25) is 14.2 Å². The van der Waals surface area contributed by atoms with Gasteiger partial charge in [0.15, 0.2) is 5.78 Å². The van der Waals surface area contributed by atoms with Crippen LogP contribution in [0.15, 0.2) is 41.3 Å². The summed E-state index contributed by atoms with van der Waals surface area (Å²) in [5, 5.41) is 4.17. The predicted molar refractivity (Wildman–Crippen MR) is 115 cm³/mol. The zero-order valence-electron chi connectivity index (χ0n) is 17.8. The molecule has 0 spiro atoms. The Morgan fingerprint density at radius 1 is 1.22 bits per heavy atom. The van der Waals surface area contributed by atoms with Gasteiger partial charge >= 0.3 is 5.69 Å². The highest BCUT2D eigenvalue weighted by atomic mass is 19.1. The Morgan fingerprint density at radius 2 is 1.94 bits per heavy atom. The molecule has 4 rings (SSSR count). The normalized spacial score (nSPS) is 15.8. The molecule has 1 aromatic carbocycles. The van der Waals surface area contributed by atoms with Crippen LogP contribution in [-0.4, -0.2) is 48.5 Å². The molecule has 9 nitrogen and oxygen atoms in total. The molecule has 1 saturated heterocycles. The average molecular weight is 438 g/mol. The minimum Gasteiger partial charge on any atom is -0.383 e. The molecule has 1 amide bonds. The number of Topliss-reactive ketones (excluding diaryl/α,β-unsaturated/α-hetero) is 1. The fourth-order valence-corrected chi connectivity index (χ4v) is 4.05. The number of rotatable bonds is 5. The summed E-state index contributed by atoms with van der Waals surface area (Å²) in [6.07, 6.45) is 2.51. The van der Waals surface area contributed by atoms with Crippen molar-refractivity contribution >= 4 is 17.5 Å². The van der Waals surface area contributed by atoms with Gasteiger partial charge in [0.05, 0.1) is 23.5 Å². The fraction of sp³-hybridized carbons (Fsp3) is 0.318. The molecular formula is C22H23FN6O3. The molecule has 0 aliphatic carbocycles. The van der Waals surface area contributed by atoms with Crippen molar-refractivity contribution in [2.45, 2.75) is 39.3 Å². The number of nitrogen functional groups attached to an aromatic ring is 1. The van der Waals surface area contributed by atoms with E-state index in [-0.39, 0.29) is 29.6 Å². The summed E-state index contributed by atoms with van der Waals surface area (Å²) in [6.45, 7) is 3.67. The molecule has 2 aromatic heterocycles. The molecule has 1 fully saturated rings. The molecule has 3 aromatic rings. The van der Waals surface area contributed by atoms with Crippen molar-refractivity contribution in [2.24, 2.45) is 0 Å². The van der Waals surface area contributed by atoms with Crippen LogP contribution in [0.25, 0.3) is 5.69 Å². The first kappa shape index (κ1) is 21.4. The van der Waals surface area contributed by atoms with Gasteiger partial charge in [-0.2, -0.15) is 10.1 Å². The third kappa shape index (κ3) is 3.91. The third-order valence-electron chi connectivity index (χ3n) is 5.66. The highest BCUT2D eigenvalue weighted by Gasteiger charge is 2.36. The van der Waals surface area contributed by atoms with E-state index < -0.39 is 17.5 Å². The molecule has 1 aliphatic heterocycles. The van der Waals surface area contributed by atoms with Crippen LogP contribution in [0.2, 0.25) is 0 Å². The van der Waals surface area contributed by atoms with E-state index >= 15 is 0 Å². The van der Waals surface area contributed by atoms with Gasteiger partial charge in [-0.1, -0.05) is 0 Å². The number of benzene rings is 1. The lowest BCUT2D eigenvalue weighted by Crippen LogP contribution is -2.44. The lowest BCUT2D eigenvalue weighted by atomic mass is 10.0. The zero-order chi connectivity index (χ0) is 23.0. The van der Waals surface area contributed by atoms with E-state index in [0.717, 1.165) is 0 Å². The first-order chi connectivity index (χ1) is 15.3. The highest BCUT2D eigenvalue weighted by molar-refractivity contribution is 6.05. The Labute approximate surface area is 183 Å². The standard InChI is InChI=1S/C22H23FN6O3/c1-13-10-14(2)28(22(32)26-13)12-19(30)27-9-3-4-18(27)20(31)17-11-25-29(21(17)24)16-7-5-15(23)6-8-16/h5-8,10-11,18H,3-4,9,12,24H2,1-2H3/t18-/m0/s1. The van der Waals surface area contributed by atoms with Crippen LogP contribution in [0.1, 0.15) is 34.6 Å². The molecule has 166 valence electrons. The van der Waals surface area contributed by atoms with Gasteiger partial charge in [-0.15, -0.1) is 0 Å². The fourth-order valence-electron chi connectivity index (χ4n) is 4.05. The molecule has 0 bridgehead atoms. The van der Waals surface area contributed by atoms with Gasteiger partial charge in [0.25, 0.3) is 0 Å². The Hall–Kier alpha value is -3.82. The number of anilines is 1. The number of halogens is 1. The van der Waals surface area contributed by atoms with Gasteiger partial charge in [0, 0.05) is 17.9 Å². The summed E-state index contributed by atoms with van der Waals surface area (Å²) < 4.78 is 15.9. The van der Waals surface area contributed by atoms with Crippen LogP contribution >= 0.6 is 0 Å². The molecule has 0 radical (unpaired) electrons. The summed E-state index contributed by atoms with van der Waals surface area (Å²) in [5.74, 6) is -0.918. The van der Waals surface area contributed by atoms with Crippen molar-refractivity contribution in [2.75, 3.05) is 12.3 Å². The topological polar surface area (TPSA) is 116 Å². The lowest BCUT2D eigenvalue weighted by molar-refractivity contribution is -0.132. The molecule has 0 saturated carbocycles. The minimum atomic E-state index is -0.690. The van der Waals surface area contributed by atoms with Crippen LogP contribution in [0.3, 0.4) is 0 Å². The van der Waals surface area contributed by atoms with Gasteiger partial charge in [0.1, 0.15) is 18.2 Å². The van der Waals surface area contributed by atoms with E-state index in [1.165, 1.54) is 44.6 Å². The van der Waals surface area contributed by atoms with Crippen LogP contribution in [0.5, 0.6) is 0 Å². The lowest BCUT2D eigenvalue weighted by Gasteiger charge is -2.24. The van der Waals surface area contributed by atoms with Crippen LogP contribution in [-0.2, 0) is 11.3 Å². The van der Waals surface area contributed by atoms with Crippen molar-refractivity contribution in [3.8, 4) is 5.69 Å². The summed E-state index contributed by atoms with van der Waals surface area (Å²) in [6, 6.07) is 6.61. The zero-order valence-corrected chi connectivity index (χ0v) is 17.8. The Bertz CT molecular complexity index is 1250.